The lowest BCUT2D eigenvalue weighted by atomic mass is 10.2. The molecule has 1 aromatic carbocycles. The highest BCUT2D eigenvalue weighted by molar-refractivity contribution is 7.98. The lowest BCUT2D eigenvalue weighted by Crippen LogP contribution is -2.43. The van der Waals surface area contributed by atoms with Crippen molar-refractivity contribution in [2.75, 3.05) is 19.4 Å². The number of likely N-dealkylation sites (tertiary alicyclic amines) is 1. The van der Waals surface area contributed by atoms with Gasteiger partial charge in [-0.15, -0.1) is 11.8 Å². The van der Waals surface area contributed by atoms with Gasteiger partial charge in [0.25, 0.3) is 0 Å². The standard InChI is InChI=1S/C14H20N2O2S/c1-19-13-6-2-4-11(8-13)9-15-14(18)16-7-3-5-12(16)10-17/h2,4,6,8,12,17H,3,5,7,9-10H2,1H3,(H,15,18)/t12-/m0/s1. The molecule has 2 rings (SSSR count). The maximum atomic E-state index is 12.0. The van der Waals surface area contributed by atoms with Crippen LogP contribution in [0.15, 0.2) is 29.2 Å². The Morgan fingerprint density at radius 3 is 3.16 bits per heavy atom. The van der Waals surface area contributed by atoms with Crippen molar-refractivity contribution in [1.82, 2.24) is 10.2 Å². The summed E-state index contributed by atoms with van der Waals surface area (Å²) >= 11 is 1.69. The van der Waals surface area contributed by atoms with E-state index in [2.05, 4.69) is 17.4 Å². The van der Waals surface area contributed by atoms with Gasteiger partial charge < -0.3 is 15.3 Å². The van der Waals surface area contributed by atoms with Crippen LogP contribution in [0.2, 0.25) is 0 Å². The predicted octanol–water partition coefficient (Wildman–Crippen LogP) is 2.07. The average molecular weight is 280 g/mol. The number of hydrogen-bond acceptors (Lipinski definition) is 3. The minimum atomic E-state index is -0.0777. The van der Waals surface area contributed by atoms with Gasteiger partial charge >= 0.3 is 6.03 Å². The molecule has 0 aliphatic carbocycles. The summed E-state index contributed by atoms with van der Waals surface area (Å²) in [5.74, 6) is 0. The van der Waals surface area contributed by atoms with Crippen molar-refractivity contribution >= 4 is 17.8 Å². The fourth-order valence-electron chi connectivity index (χ4n) is 2.35. The van der Waals surface area contributed by atoms with Crippen molar-refractivity contribution in [3.8, 4) is 0 Å². The largest absolute Gasteiger partial charge is 0.394 e. The number of carbonyl (C=O) groups is 1. The van der Waals surface area contributed by atoms with Crippen molar-refractivity contribution < 1.29 is 9.90 Å². The van der Waals surface area contributed by atoms with Gasteiger partial charge in [0.05, 0.1) is 12.6 Å². The number of nitrogens with zero attached hydrogens (tertiary/aromatic N) is 1. The molecule has 0 aromatic heterocycles. The van der Waals surface area contributed by atoms with E-state index in [4.69, 9.17) is 0 Å². The quantitative estimate of drug-likeness (QED) is 0.830. The SMILES string of the molecule is CSc1cccc(CNC(=O)N2CCC[C@H]2CO)c1. The molecular weight excluding hydrogens is 260 g/mol. The van der Waals surface area contributed by atoms with Gasteiger partial charge in [-0.3, -0.25) is 0 Å². The smallest absolute Gasteiger partial charge is 0.317 e. The second-order valence-corrected chi connectivity index (χ2v) is 5.56. The van der Waals surface area contributed by atoms with E-state index in [0.717, 1.165) is 24.9 Å². The maximum absolute atomic E-state index is 12.0. The number of rotatable bonds is 4. The molecule has 0 bridgehead atoms. The molecule has 2 N–H and O–H groups in total. The molecule has 1 aliphatic heterocycles. The number of amides is 2. The summed E-state index contributed by atoms with van der Waals surface area (Å²) in [6, 6.07) is 8.05. The third-order valence-electron chi connectivity index (χ3n) is 3.43. The molecule has 1 atom stereocenters. The van der Waals surface area contributed by atoms with Crippen molar-refractivity contribution in [3.05, 3.63) is 29.8 Å². The molecule has 2 amide bonds. The molecule has 1 saturated heterocycles. The van der Waals surface area contributed by atoms with Crippen molar-refractivity contribution in [2.45, 2.75) is 30.3 Å². The minimum absolute atomic E-state index is 0.0162. The van der Waals surface area contributed by atoms with E-state index in [1.54, 1.807) is 16.7 Å². The van der Waals surface area contributed by atoms with Gasteiger partial charge in [-0.05, 0) is 36.8 Å². The molecule has 104 valence electrons. The second-order valence-electron chi connectivity index (χ2n) is 4.68. The number of carbonyl (C=O) groups excluding carboxylic acids is 1. The number of urea groups is 1. The zero-order valence-electron chi connectivity index (χ0n) is 11.1. The van der Waals surface area contributed by atoms with E-state index >= 15 is 0 Å². The molecule has 0 spiro atoms. The van der Waals surface area contributed by atoms with Crippen molar-refractivity contribution in [1.29, 1.82) is 0 Å². The monoisotopic (exact) mass is 280 g/mol. The lowest BCUT2D eigenvalue weighted by Gasteiger charge is -2.23. The van der Waals surface area contributed by atoms with Crippen LogP contribution in [0.5, 0.6) is 0 Å². The van der Waals surface area contributed by atoms with Crippen LogP contribution in [-0.4, -0.2) is 41.5 Å². The van der Waals surface area contributed by atoms with E-state index in [1.165, 1.54) is 4.90 Å². The van der Waals surface area contributed by atoms with Crippen molar-refractivity contribution in [3.63, 3.8) is 0 Å². The Morgan fingerprint density at radius 2 is 2.42 bits per heavy atom. The number of thioether (sulfide) groups is 1. The normalized spacial score (nSPS) is 18.6. The van der Waals surface area contributed by atoms with E-state index in [1.807, 2.05) is 18.4 Å². The number of nitrogens with one attached hydrogen (secondary N) is 1. The third kappa shape index (κ3) is 3.64. The molecule has 0 saturated carbocycles. The van der Waals surface area contributed by atoms with Crippen LogP contribution in [0.25, 0.3) is 0 Å². The van der Waals surface area contributed by atoms with E-state index < -0.39 is 0 Å². The van der Waals surface area contributed by atoms with Crippen LogP contribution in [0.3, 0.4) is 0 Å². The molecular formula is C14H20N2O2S. The lowest BCUT2D eigenvalue weighted by molar-refractivity contribution is 0.157. The summed E-state index contributed by atoms with van der Waals surface area (Å²) in [5.41, 5.74) is 1.10. The summed E-state index contributed by atoms with van der Waals surface area (Å²) in [6.45, 7) is 1.32. The first kappa shape index (κ1) is 14.2. The first-order valence-electron chi connectivity index (χ1n) is 6.53. The minimum Gasteiger partial charge on any atom is -0.394 e. The van der Waals surface area contributed by atoms with Crippen LogP contribution in [0.1, 0.15) is 18.4 Å². The van der Waals surface area contributed by atoms with Crippen LogP contribution in [0, 0.1) is 0 Å². The average Bonchev–Trinajstić information content (AvgIpc) is 2.93. The van der Waals surface area contributed by atoms with Gasteiger partial charge in [0, 0.05) is 18.0 Å². The Labute approximate surface area is 118 Å². The summed E-state index contributed by atoms with van der Waals surface area (Å²) in [5, 5.41) is 12.1. The molecule has 0 unspecified atom stereocenters. The Morgan fingerprint density at radius 1 is 1.58 bits per heavy atom. The molecule has 5 heteroatoms. The van der Waals surface area contributed by atoms with Crippen LogP contribution in [-0.2, 0) is 6.54 Å². The Hall–Kier alpha value is -1.20. The van der Waals surface area contributed by atoms with Gasteiger partial charge in [0.1, 0.15) is 0 Å². The fraction of sp³-hybridized carbons (Fsp3) is 0.500. The second kappa shape index (κ2) is 6.82. The first-order chi connectivity index (χ1) is 9.24. The highest BCUT2D eigenvalue weighted by Crippen LogP contribution is 2.18. The number of aliphatic hydroxyl groups is 1. The van der Waals surface area contributed by atoms with E-state index in [9.17, 15) is 9.90 Å². The summed E-state index contributed by atoms with van der Waals surface area (Å²) in [4.78, 5) is 15.0. The van der Waals surface area contributed by atoms with E-state index in [0.29, 0.717) is 6.54 Å². The number of benzene rings is 1. The first-order valence-corrected chi connectivity index (χ1v) is 7.75. The molecule has 4 nitrogen and oxygen atoms in total. The van der Waals surface area contributed by atoms with Gasteiger partial charge in [-0.1, -0.05) is 12.1 Å². The van der Waals surface area contributed by atoms with Crippen LogP contribution >= 0.6 is 11.8 Å². The maximum Gasteiger partial charge on any atom is 0.317 e. The number of hydrogen-bond donors (Lipinski definition) is 2. The highest BCUT2D eigenvalue weighted by Gasteiger charge is 2.27. The topological polar surface area (TPSA) is 52.6 Å². The summed E-state index contributed by atoms with van der Waals surface area (Å²) in [6.07, 6.45) is 3.90. The molecule has 1 heterocycles. The molecule has 1 fully saturated rings. The van der Waals surface area contributed by atoms with Gasteiger partial charge in [-0.25, -0.2) is 4.79 Å². The zero-order valence-corrected chi connectivity index (χ0v) is 11.9. The van der Waals surface area contributed by atoms with Gasteiger partial charge in [-0.2, -0.15) is 0 Å². The molecule has 0 radical (unpaired) electrons. The Bertz CT molecular complexity index is 439. The number of aliphatic hydroxyl groups excluding tert-OH is 1. The van der Waals surface area contributed by atoms with Gasteiger partial charge in [0.15, 0.2) is 0 Å². The zero-order chi connectivity index (χ0) is 13.7. The van der Waals surface area contributed by atoms with E-state index in [-0.39, 0.29) is 18.7 Å². The van der Waals surface area contributed by atoms with Gasteiger partial charge in [0.2, 0.25) is 0 Å². The Kier molecular flexibility index (Phi) is 5.10. The van der Waals surface area contributed by atoms with Crippen molar-refractivity contribution in [2.24, 2.45) is 0 Å². The van der Waals surface area contributed by atoms with Crippen LogP contribution in [0.4, 0.5) is 4.79 Å². The molecule has 1 aromatic rings. The van der Waals surface area contributed by atoms with Crippen LogP contribution < -0.4 is 5.32 Å². The highest BCUT2D eigenvalue weighted by atomic mass is 32.2. The third-order valence-corrected chi connectivity index (χ3v) is 4.15. The fourth-order valence-corrected chi connectivity index (χ4v) is 2.84. The Balaban J connectivity index is 1.89. The molecule has 19 heavy (non-hydrogen) atoms. The summed E-state index contributed by atoms with van der Waals surface area (Å²) < 4.78 is 0. The summed E-state index contributed by atoms with van der Waals surface area (Å²) in [7, 11) is 0. The molecule has 1 aliphatic rings. The predicted molar refractivity (Wildman–Crippen MR) is 77.3 cm³/mol.